The van der Waals surface area contributed by atoms with E-state index in [0.29, 0.717) is 6.42 Å². The van der Waals surface area contributed by atoms with Crippen molar-refractivity contribution in [2.24, 2.45) is 5.73 Å². The van der Waals surface area contributed by atoms with E-state index in [-0.39, 0.29) is 5.78 Å². The van der Waals surface area contributed by atoms with Gasteiger partial charge < -0.3 is 5.73 Å². The highest BCUT2D eigenvalue weighted by Gasteiger charge is 2.09. The van der Waals surface area contributed by atoms with Gasteiger partial charge in [-0.15, -0.1) is 0 Å². The first kappa shape index (κ1) is 10.8. The van der Waals surface area contributed by atoms with Crippen molar-refractivity contribution in [2.75, 3.05) is 0 Å². The molecule has 0 bridgehead atoms. The van der Waals surface area contributed by atoms with Gasteiger partial charge in [-0.1, -0.05) is 24.3 Å². The molecule has 3 heteroatoms. The number of Topliss-reactive ketones (excluding diaryl/α,β-unsaturated/α-hetero) is 1. The van der Waals surface area contributed by atoms with Crippen LogP contribution in [0, 0.1) is 0 Å². The van der Waals surface area contributed by atoms with Crippen molar-refractivity contribution < 1.29 is 4.79 Å². The summed E-state index contributed by atoms with van der Waals surface area (Å²) in [6, 6.07) is 11.4. The zero-order valence-corrected chi connectivity index (χ0v) is 9.18. The lowest BCUT2D eigenvalue weighted by molar-refractivity contribution is -0.118. The van der Waals surface area contributed by atoms with Gasteiger partial charge >= 0.3 is 0 Å². The van der Waals surface area contributed by atoms with Crippen molar-refractivity contribution in [3.05, 3.63) is 42.1 Å². The third-order valence-corrected chi connectivity index (χ3v) is 2.61. The summed E-state index contributed by atoms with van der Waals surface area (Å²) in [6.45, 7) is 1.51. The standard InChI is InChI=1S/C13H14N2O/c1-9(16)12(14)8-11-7-6-10-4-2-3-5-13(10)15-11/h2-7,12H,8,14H2,1H3/t12-/m0/s1. The number of fused-ring (bicyclic) bond motifs is 1. The molecule has 0 saturated carbocycles. The number of aromatic nitrogens is 1. The summed E-state index contributed by atoms with van der Waals surface area (Å²) in [5, 5.41) is 1.10. The molecule has 0 saturated heterocycles. The topological polar surface area (TPSA) is 56.0 Å². The van der Waals surface area contributed by atoms with Gasteiger partial charge in [0.05, 0.1) is 11.6 Å². The van der Waals surface area contributed by atoms with Crippen LogP contribution in [-0.4, -0.2) is 16.8 Å². The van der Waals surface area contributed by atoms with Crippen LogP contribution in [0.1, 0.15) is 12.6 Å². The maximum absolute atomic E-state index is 11.1. The summed E-state index contributed by atoms with van der Waals surface area (Å²) < 4.78 is 0. The fraction of sp³-hybridized carbons (Fsp3) is 0.231. The highest BCUT2D eigenvalue weighted by Crippen LogP contribution is 2.12. The zero-order chi connectivity index (χ0) is 11.5. The van der Waals surface area contributed by atoms with E-state index in [9.17, 15) is 4.79 Å². The molecular weight excluding hydrogens is 200 g/mol. The molecule has 0 amide bonds. The van der Waals surface area contributed by atoms with Crippen molar-refractivity contribution in [3.63, 3.8) is 0 Å². The molecule has 16 heavy (non-hydrogen) atoms. The van der Waals surface area contributed by atoms with Crippen LogP contribution in [0.4, 0.5) is 0 Å². The van der Waals surface area contributed by atoms with Gasteiger partial charge in [-0.2, -0.15) is 0 Å². The summed E-state index contributed by atoms with van der Waals surface area (Å²) in [5.41, 5.74) is 7.51. The van der Waals surface area contributed by atoms with E-state index in [1.807, 2.05) is 36.4 Å². The Labute approximate surface area is 94.3 Å². The molecular formula is C13H14N2O. The summed E-state index contributed by atoms with van der Waals surface area (Å²) in [6.07, 6.45) is 0.500. The van der Waals surface area contributed by atoms with Gasteiger partial charge in [0.25, 0.3) is 0 Å². The molecule has 2 N–H and O–H groups in total. The number of nitrogens with two attached hydrogens (primary N) is 1. The van der Waals surface area contributed by atoms with E-state index in [2.05, 4.69) is 4.98 Å². The van der Waals surface area contributed by atoms with Crippen LogP contribution in [-0.2, 0) is 11.2 Å². The van der Waals surface area contributed by atoms with Crippen molar-refractivity contribution in [3.8, 4) is 0 Å². The molecule has 2 aromatic rings. The summed E-state index contributed by atoms with van der Waals surface area (Å²) in [4.78, 5) is 15.5. The van der Waals surface area contributed by atoms with Crippen molar-refractivity contribution in [1.29, 1.82) is 0 Å². The van der Waals surface area contributed by atoms with Crippen LogP contribution in [0.25, 0.3) is 10.9 Å². The minimum Gasteiger partial charge on any atom is -0.321 e. The van der Waals surface area contributed by atoms with Crippen LogP contribution in [0.2, 0.25) is 0 Å². The van der Waals surface area contributed by atoms with Crippen molar-refractivity contribution in [1.82, 2.24) is 4.98 Å². The molecule has 0 radical (unpaired) electrons. The van der Waals surface area contributed by atoms with Gasteiger partial charge in [-0.25, -0.2) is 0 Å². The van der Waals surface area contributed by atoms with E-state index < -0.39 is 6.04 Å². The second-order valence-electron chi connectivity index (χ2n) is 3.92. The number of hydrogen-bond acceptors (Lipinski definition) is 3. The number of rotatable bonds is 3. The van der Waals surface area contributed by atoms with Crippen molar-refractivity contribution in [2.45, 2.75) is 19.4 Å². The SMILES string of the molecule is CC(=O)[C@@H](N)Cc1ccc2ccccc2n1. The van der Waals surface area contributed by atoms with E-state index in [4.69, 9.17) is 5.73 Å². The zero-order valence-electron chi connectivity index (χ0n) is 9.18. The van der Waals surface area contributed by atoms with Gasteiger partial charge in [0, 0.05) is 17.5 Å². The predicted molar refractivity (Wildman–Crippen MR) is 64.1 cm³/mol. The second-order valence-corrected chi connectivity index (χ2v) is 3.92. The molecule has 0 aliphatic carbocycles. The Hall–Kier alpha value is -1.74. The third-order valence-electron chi connectivity index (χ3n) is 2.61. The first-order valence-corrected chi connectivity index (χ1v) is 5.27. The van der Waals surface area contributed by atoms with Crippen LogP contribution in [0.5, 0.6) is 0 Å². The van der Waals surface area contributed by atoms with E-state index in [1.165, 1.54) is 6.92 Å². The molecule has 3 nitrogen and oxygen atoms in total. The molecule has 0 aliphatic rings. The maximum atomic E-state index is 11.1. The Kier molecular flexibility index (Phi) is 2.97. The van der Waals surface area contributed by atoms with Crippen LogP contribution >= 0.6 is 0 Å². The Morgan fingerprint density at radius 1 is 1.31 bits per heavy atom. The monoisotopic (exact) mass is 214 g/mol. The molecule has 0 unspecified atom stereocenters. The fourth-order valence-electron chi connectivity index (χ4n) is 1.59. The summed E-state index contributed by atoms with van der Waals surface area (Å²) >= 11 is 0. The third kappa shape index (κ3) is 2.25. The minimum atomic E-state index is -0.450. The Balaban J connectivity index is 2.29. The first-order chi connectivity index (χ1) is 7.66. The average Bonchev–Trinajstić information content (AvgIpc) is 2.28. The van der Waals surface area contributed by atoms with E-state index >= 15 is 0 Å². The van der Waals surface area contributed by atoms with E-state index in [1.54, 1.807) is 0 Å². The van der Waals surface area contributed by atoms with E-state index in [0.717, 1.165) is 16.6 Å². The maximum Gasteiger partial charge on any atom is 0.146 e. The molecule has 0 spiro atoms. The number of ketones is 1. The molecule has 1 aromatic carbocycles. The molecule has 2 rings (SSSR count). The van der Waals surface area contributed by atoms with Gasteiger partial charge in [0.1, 0.15) is 5.78 Å². The molecule has 1 atom stereocenters. The van der Waals surface area contributed by atoms with Crippen LogP contribution < -0.4 is 5.73 Å². The smallest absolute Gasteiger partial charge is 0.146 e. The normalized spacial score (nSPS) is 12.6. The predicted octanol–water partition coefficient (Wildman–Crippen LogP) is 1.69. The number of pyridine rings is 1. The van der Waals surface area contributed by atoms with Gasteiger partial charge in [0.2, 0.25) is 0 Å². The molecule has 1 aromatic heterocycles. The lowest BCUT2D eigenvalue weighted by Gasteiger charge is -2.07. The molecule has 0 aliphatic heterocycles. The number of hydrogen-bond donors (Lipinski definition) is 1. The summed E-state index contributed by atoms with van der Waals surface area (Å²) in [5.74, 6) is -0.00467. The first-order valence-electron chi connectivity index (χ1n) is 5.27. The molecule has 0 fully saturated rings. The van der Waals surface area contributed by atoms with Gasteiger partial charge in [0.15, 0.2) is 0 Å². The lowest BCUT2D eigenvalue weighted by Crippen LogP contribution is -2.30. The number of para-hydroxylation sites is 1. The average molecular weight is 214 g/mol. The van der Waals surface area contributed by atoms with Crippen LogP contribution in [0.3, 0.4) is 0 Å². The van der Waals surface area contributed by atoms with Crippen molar-refractivity contribution >= 4 is 16.7 Å². The number of benzene rings is 1. The number of nitrogens with zero attached hydrogens (tertiary/aromatic N) is 1. The Morgan fingerprint density at radius 3 is 2.81 bits per heavy atom. The molecule has 82 valence electrons. The molecule has 1 heterocycles. The number of carbonyl (C=O) groups excluding carboxylic acids is 1. The quantitative estimate of drug-likeness (QED) is 0.846. The largest absolute Gasteiger partial charge is 0.321 e. The second kappa shape index (κ2) is 4.41. The van der Waals surface area contributed by atoms with Gasteiger partial charge in [-0.3, -0.25) is 9.78 Å². The van der Waals surface area contributed by atoms with Crippen LogP contribution in [0.15, 0.2) is 36.4 Å². The fourth-order valence-corrected chi connectivity index (χ4v) is 1.59. The lowest BCUT2D eigenvalue weighted by atomic mass is 10.1. The highest BCUT2D eigenvalue weighted by molar-refractivity contribution is 5.82. The number of carbonyl (C=O) groups is 1. The highest BCUT2D eigenvalue weighted by atomic mass is 16.1. The minimum absolute atomic E-state index is 0.00467. The summed E-state index contributed by atoms with van der Waals surface area (Å²) in [7, 11) is 0. The Bertz CT molecular complexity index is 522. The van der Waals surface area contributed by atoms with Gasteiger partial charge in [-0.05, 0) is 19.1 Å². The Morgan fingerprint density at radius 2 is 2.06 bits per heavy atom.